The minimum Gasteiger partial charge on any atom is -0.409 e. The SMILES string of the molecule is CC(=O)c1cccc(-c2cnc3ccn(OCc4ccccc4)c3c2)c1.Cn1cc(-c2cnc3ccn(NCc4c(Cl)ccc(F)c4Cl)c3c2)cn1.Nc1cccc(-c2cnc3ccn(OCc4ccccc4)c3c2)c1.OCc1ccc(-c2cnc3ccn(OCc4ccccc4)c3c2)cc1.OCc1cccc(-c2cnc3ccn(OCc4ccccc4)c3c2)c1. The second-order valence-corrected chi connectivity index (χ2v) is 30.3. The Morgan fingerprint density at radius 1 is 0.381 bits per heavy atom. The summed E-state index contributed by atoms with van der Waals surface area (Å²) in [6, 6.07) is 94.0. The van der Waals surface area contributed by atoms with E-state index >= 15 is 0 Å². The van der Waals surface area contributed by atoms with E-state index in [-0.39, 0.29) is 30.6 Å². The molecule has 11 aromatic heterocycles. The number of ketones is 1. The van der Waals surface area contributed by atoms with Crippen LogP contribution in [0.2, 0.25) is 10.0 Å². The number of hydrogen-bond acceptors (Lipinski definition) is 15. The maximum Gasteiger partial charge on any atom is 0.159 e. The molecule has 0 aliphatic rings. The first-order valence-electron chi connectivity index (χ1n) is 40.5. The summed E-state index contributed by atoms with van der Waals surface area (Å²) in [7, 11) is 1.87. The number of aliphatic hydroxyl groups is 2. The number of Topliss-reactive ketones (excluding diaryl/α,β-unsaturated/α-hetero) is 1. The lowest BCUT2D eigenvalue weighted by Crippen LogP contribution is -2.14. The standard InChI is InChI=1S/C22H18N2O2.2C21H18N2O2.C20H17N3O.C18H14Cl2FN5/c1-16(25)18-8-5-9-19(12-18)20-13-22-21(23-14-20)10-11-24(22)26-15-17-6-3-2-4-7-17;24-14-17-7-4-8-18(11-17)19-12-21-20(22-13-19)9-10-23(21)25-15-16-5-2-1-3-6-16;24-14-16-6-8-18(9-7-16)19-12-21-20(22-13-19)10-11-23(21)25-15-17-4-2-1-3-5-17;21-18-8-4-7-16(11-18)17-12-20-19(22-13-17)9-10-23(20)24-14-15-5-2-1-3-6-15;1-25-10-12(8-23-25)11-6-17-16(22-7-11)4-5-26(17)24-9-13-14(19)2-3-15(21)18(13)20/h2-14H,15H2,1H3;2*1-13,24H,14-15H2;1-13H,14,21H2;2-8,10,24H,9H2,1H3. The monoisotopic (exact) mass is 1710 g/mol. The Bertz CT molecular complexity index is 7090. The van der Waals surface area contributed by atoms with Gasteiger partial charge in [-0.25, -0.2) is 4.39 Å². The Morgan fingerprint density at radius 3 is 1.18 bits per heavy atom. The van der Waals surface area contributed by atoms with Crippen molar-refractivity contribution in [3.05, 3.63) is 426 Å². The zero-order valence-electron chi connectivity index (χ0n) is 68.6. The van der Waals surface area contributed by atoms with Gasteiger partial charge >= 0.3 is 0 Å². The van der Waals surface area contributed by atoms with E-state index in [0.29, 0.717) is 42.6 Å². The molecule has 0 amide bonds. The number of benzene rings is 9. The van der Waals surface area contributed by atoms with Gasteiger partial charge < -0.3 is 40.7 Å². The number of nitrogens with two attached hydrogens (primary N) is 1. The molecule has 626 valence electrons. The van der Waals surface area contributed by atoms with E-state index in [1.165, 1.54) is 12.1 Å². The number of aromatic nitrogens is 12. The van der Waals surface area contributed by atoms with Gasteiger partial charge in [0, 0.05) is 130 Å². The zero-order valence-corrected chi connectivity index (χ0v) is 70.1. The molecule has 21 nitrogen and oxygen atoms in total. The van der Waals surface area contributed by atoms with Gasteiger partial charge in [0.2, 0.25) is 0 Å². The number of anilines is 1. The molecule has 11 heterocycles. The third-order valence-electron chi connectivity index (χ3n) is 20.7. The molecule has 5 N–H and O–H groups in total. The number of aryl methyl sites for hydroxylation is 1. The highest BCUT2D eigenvalue weighted by molar-refractivity contribution is 6.36. The summed E-state index contributed by atoms with van der Waals surface area (Å²) in [4.78, 5) is 57.9. The normalized spacial score (nSPS) is 10.9. The van der Waals surface area contributed by atoms with Crippen LogP contribution in [0.5, 0.6) is 0 Å². The number of halogens is 3. The van der Waals surface area contributed by atoms with E-state index in [4.69, 9.17) is 53.4 Å². The van der Waals surface area contributed by atoms with Crippen LogP contribution in [0.1, 0.15) is 56.2 Å². The Hall–Kier alpha value is -15.5. The molecular formula is C102H85Cl2FN14O7. The molecule has 0 saturated carbocycles. The van der Waals surface area contributed by atoms with Crippen LogP contribution < -0.4 is 30.5 Å². The molecule has 0 bridgehead atoms. The minimum absolute atomic E-state index is 0.0237. The number of nitrogens with zero attached hydrogens (tertiary/aromatic N) is 12. The smallest absolute Gasteiger partial charge is 0.159 e. The first-order chi connectivity index (χ1) is 61.7. The summed E-state index contributed by atoms with van der Waals surface area (Å²) in [5.74, 6) is -0.443. The second kappa shape index (κ2) is 40.0. The Kier molecular flexibility index (Phi) is 26.7. The van der Waals surface area contributed by atoms with Gasteiger partial charge in [-0.05, 0) is 160 Å². The summed E-state index contributed by atoms with van der Waals surface area (Å²) < 4.78 is 24.3. The lowest BCUT2D eigenvalue weighted by molar-refractivity contribution is 0.101. The van der Waals surface area contributed by atoms with E-state index in [1.54, 1.807) is 36.7 Å². The summed E-state index contributed by atoms with van der Waals surface area (Å²) in [5, 5.41) is 23.1. The molecule has 0 atom stereocenters. The number of nitrogens with one attached hydrogen (secondary N) is 1. The van der Waals surface area contributed by atoms with Crippen molar-refractivity contribution in [2.45, 2.75) is 53.1 Å². The van der Waals surface area contributed by atoms with Gasteiger partial charge in [-0.1, -0.05) is 217 Å². The first kappa shape index (κ1) is 84.2. The van der Waals surface area contributed by atoms with Crippen LogP contribution in [-0.4, -0.2) is 74.3 Å². The number of rotatable bonds is 23. The number of nitrogen functional groups attached to an aromatic ring is 1. The second-order valence-electron chi connectivity index (χ2n) is 29.5. The van der Waals surface area contributed by atoms with Gasteiger partial charge in [-0.3, -0.25) is 39.1 Å². The highest BCUT2D eigenvalue weighted by Gasteiger charge is 2.17. The Balaban J connectivity index is 0.000000116. The van der Waals surface area contributed by atoms with Gasteiger partial charge in [0.1, 0.15) is 54.3 Å². The molecule has 0 saturated heterocycles. The number of pyridine rings is 5. The minimum atomic E-state index is -0.495. The fourth-order valence-corrected chi connectivity index (χ4v) is 14.5. The van der Waals surface area contributed by atoms with Crippen LogP contribution in [0.3, 0.4) is 0 Å². The fraction of sp³-hybridized carbons (Fsp3) is 0.0882. The van der Waals surface area contributed by atoms with Crippen LogP contribution in [0.4, 0.5) is 10.1 Å². The van der Waals surface area contributed by atoms with Crippen molar-refractivity contribution in [2.75, 3.05) is 11.2 Å². The lowest BCUT2D eigenvalue weighted by Gasteiger charge is -2.12. The van der Waals surface area contributed by atoms with Crippen molar-refractivity contribution in [1.82, 2.24) is 58.3 Å². The molecule has 0 unspecified atom stereocenters. The van der Waals surface area contributed by atoms with Crippen LogP contribution in [0.25, 0.3) is 111 Å². The van der Waals surface area contributed by atoms with Crippen LogP contribution in [-0.2, 0) is 53.2 Å². The summed E-state index contributed by atoms with van der Waals surface area (Å²) in [5.41, 5.74) is 36.2. The molecule has 0 spiro atoms. The summed E-state index contributed by atoms with van der Waals surface area (Å²) >= 11 is 12.2. The average molecular weight is 1710 g/mol. The predicted octanol–water partition coefficient (Wildman–Crippen LogP) is 20.7. The molecule has 0 fully saturated rings. The van der Waals surface area contributed by atoms with Crippen molar-refractivity contribution >= 4 is 89.8 Å². The van der Waals surface area contributed by atoms with Gasteiger partial charge in [0.15, 0.2) is 5.78 Å². The van der Waals surface area contributed by atoms with Crippen molar-refractivity contribution in [2.24, 2.45) is 7.05 Å². The number of carbonyl (C=O) groups is 1. The maximum atomic E-state index is 13.7. The summed E-state index contributed by atoms with van der Waals surface area (Å²) in [6.07, 6.45) is 22.3. The molecule has 0 aliphatic carbocycles. The van der Waals surface area contributed by atoms with E-state index in [0.717, 1.165) is 150 Å². The van der Waals surface area contributed by atoms with Gasteiger partial charge in [0.25, 0.3) is 0 Å². The van der Waals surface area contributed by atoms with Crippen molar-refractivity contribution in [3.8, 4) is 55.6 Å². The average Bonchev–Trinajstić information content (AvgIpc) is 1.63. The third-order valence-corrected chi connectivity index (χ3v) is 21.5. The molecule has 20 rings (SSSR count). The highest BCUT2D eigenvalue weighted by Crippen LogP contribution is 2.32. The third kappa shape index (κ3) is 20.8. The summed E-state index contributed by atoms with van der Waals surface area (Å²) in [6.45, 7) is 3.91. The molecule has 126 heavy (non-hydrogen) atoms. The molecular weight excluding hydrogens is 1620 g/mol. The van der Waals surface area contributed by atoms with Gasteiger partial charge in [0.05, 0.1) is 64.1 Å². The molecule has 9 aromatic carbocycles. The quantitative estimate of drug-likeness (QED) is 0.0265. The maximum absolute atomic E-state index is 13.7. The van der Waals surface area contributed by atoms with Crippen molar-refractivity contribution in [1.29, 1.82) is 0 Å². The first-order valence-corrected chi connectivity index (χ1v) is 41.2. The molecule has 0 aliphatic heterocycles. The van der Waals surface area contributed by atoms with Crippen molar-refractivity contribution in [3.63, 3.8) is 0 Å². The fourth-order valence-electron chi connectivity index (χ4n) is 14.0. The van der Waals surface area contributed by atoms with Crippen LogP contribution in [0.15, 0.2) is 366 Å². The van der Waals surface area contributed by atoms with E-state index in [2.05, 4.69) is 53.6 Å². The van der Waals surface area contributed by atoms with Crippen LogP contribution >= 0.6 is 23.2 Å². The lowest BCUT2D eigenvalue weighted by atomic mass is 10.0. The van der Waals surface area contributed by atoms with E-state index < -0.39 is 5.82 Å². The number of fused-ring (bicyclic) bond motifs is 5. The Morgan fingerprint density at radius 2 is 0.762 bits per heavy atom. The van der Waals surface area contributed by atoms with Gasteiger partial charge in [-0.2, -0.15) is 24.0 Å². The van der Waals surface area contributed by atoms with Crippen LogP contribution in [0, 0.1) is 5.82 Å². The highest BCUT2D eigenvalue weighted by atomic mass is 35.5. The number of hydrogen-bond donors (Lipinski definition) is 4. The van der Waals surface area contributed by atoms with E-state index in [9.17, 15) is 14.3 Å². The topological polar surface area (TPSA) is 239 Å². The van der Waals surface area contributed by atoms with E-state index in [1.807, 2.05) is 341 Å². The van der Waals surface area contributed by atoms with Crippen molar-refractivity contribution < 1.29 is 38.7 Å². The Labute approximate surface area is 735 Å². The molecule has 0 radical (unpaired) electrons. The molecule has 20 aromatic rings. The number of aliphatic hydroxyl groups excluding tert-OH is 2. The predicted molar refractivity (Wildman–Crippen MR) is 495 cm³/mol. The largest absolute Gasteiger partial charge is 0.409 e. The van der Waals surface area contributed by atoms with Gasteiger partial charge in [-0.15, -0.1) is 0 Å². The number of carbonyl (C=O) groups excluding carboxylic acids is 1. The zero-order chi connectivity index (χ0) is 86.7. The molecule has 24 heteroatoms.